The van der Waals surface area contributed by atoms with Gasteiger partial charge in [-0.25, -0.2) is 4.79 Å². The Morgan fingerprint density at radius 2 is 2.22 bits per heavy atom. The summed E-state index contributed by atoms with van der Waals surface area (Å²) >= 11 is 7.40. The van der Waals surface area contributed by atoms with Crippen LogP contribution in [-0.2, 0) is 22.4 Å². The topological polar surface area (TPSA) is 79.2 Å². The molecule has 0 radical (unpaired) electrons. The molecule has 27 heavy (non-hydrogen) atoms. The number of nitrogens with zero attached hydrogens (tertiary/aromatic N) is 1. The van der Waals surface area contributed by atoms with Gasteiger partial charge < -0.3 is 10.1 Å². The van der Waals surface area contributed by atoms with Gasteiger partial charge in [-0.2, -0.15) is 5.26 Å². The van der Waals surface area contributed by atoms with E-state index in [2.05, 4.69) is 12.2 Å². The standard InChI is InChI=1S/C20H19ClN2O3S/c1-2-12-3-6-17-14(7-12)8-18(27-17)20(25)26-11-19(24)23-15-5-4-13(10-22)16(21)9-15/h4-5,8-9,12H,2-3,6-7,11H2,1H3,(H,23,24)/t12-/m0/s1. The molecule has 1 atom stereocenters. The zero-order valence-corrected chi connectivity index (χ0v) is 16.5. The number of benzene rings is 1. The van der Waals surface area contributed by atoms with Gasteiger partial charge in [0.15, 0.2) is 6.61 Å². The molecule has 0 unspecified atom stereocenters. The van der Waals surface area contributed by atoms with Gasteiger partial charge >= 0.3 is 5.97 Å². The molecule has 1 N–H and O–H groups in total. The summed E-state index contributed by atoms with van der Waals surface area (Å²) < 4.78 is 5.14. The minimum Gasteiger partial charge on any atom is -0.451 e. The maximum atomic E-state index is 12.3. The van der Waals surface area contributed by atoms with E-state index in [-0.39, 0.29) is 11.6 Å². The minimum atomic E-state index is -0.476. The van der Waals surface area contributed by atoms with Gasteiger partial charge in [0.2, 0.25) is 0 Å². The Morgan fingerprint density at radius 1 is 1.41 bits per heavy atom. The van der Waals surface area contributed by atoms with Crippen LogP contribution in [0.1, 0.15) is 45.4 Å². The van der Waals surface area contributed by atoms with Crippen LogP contribution in [0.5, 0.6) is 0 Å². The summed E-state index contributed by atoms with van der Waals surface area (Å²) in [6.07, 6.45) is 4.32. The molecule has 0 saturated heterocycles. The lowest BCUT2D eigenvalue weighted by atomic mass is 9.87. The molecule has 0 bridgehead atoms. The first kappa shape index (κ1) is 19.4. The summed E-state index contributed by atoms with van der Waals surface area (Å²) in [5.74, 6) is -0.257. The molecule has 1 heterocycles. The Labute approximate surface area is 166 Å². The first-order chi connectivity index (χ1) is 13.0. The van der Waals surface area contributed by atoms with Crippen molar-refractivity contribution in [3.63, 3.8) is 0 Å². The number of nitrogens with one attached hydrogen (secondary N) is 1. The maximum absolute atomic E-state index is 12.3. The molecule has 1 aromatic heterocycles. The second-order valence-corrected chi connectivity index (χ2v) is 8.05. The van der Waals surface area contributed by atoms with Crippen LogP contribution in [0, 0.1) is 17.2 Å². The molecule has 7 heteroatoms. The molecule has 1 aliphatic carbocycles. The van der Waals surface area contributed by atoms with Crippen molar-refractivity contribution in [3.8, 4) is 6.07 Å². The lowest BCUT2D eigenvalue weighted by Crippen LogP contribution is -2.20. The van der Waals surface area contributed by atoms with Crippen molar-refractivity contribution in [3.05, 3.63) is 50.2 Å². The number of hydrogen-bond donors (Lipinski definition) is 1. The number of rotatable bonds is 5. The van der Waals surface area contributed by atoms with Crippen molar-refractivity contribution in [2.45, 2.75) is 32.6 Å². The first-order valence-corrected chi connectivity index (χ1v) is 9.97. The van der Waals surface area contributed by atoms with Crippen LogP contribution in [0.3, 0.4) is 0 Å². The van der Waals surface area contributed by atoms with E-state index < -0.39 is 11.9 Å². The summed E-state index contributed by atoms with van der Waals surface area (Å²) in [5, 5.41) is 11.7. The fourth-order valence-corrected chi connectivity index (χ4v) is 4.46. The van der Waals surface area contributed by atoms with E-state index in [0.717, 1.165) is 25.7 Å². The molecular formula is C20H19ClN2O3S. The second kappa shape index (κ2) is 8.55. The molecule has 1 aliphatic rings. The van der Waals surface area contributed by atoms with Crippen molar-refractivity contribution >= 4 is 40.5 Å². The number of halogens is 1. The van der Waals surface area contributed by atoms with Gasteiger partial charge in [-0.3, -0.25) is 4.79 Å². The molecule has 3 rings (SSSR count). The van der Waals surface area contributed by atoms with E-state index in [9.17, 15) is 9.59 Å². The average molecular weight is 403 g/mol. The van der Waals surface area contributed by atoms with Gasteiger partial charge in [0, 0.05) is 10.6 Å². The van der Waals surface area contributed by atoms with Gasteiger partial charge in [0.05, 0.1) is 10.6 Å². The Hall–Kier alpha value is -2.36. The fourth-order valence-electron chi connectivity index (χ4n) is 3.13. The highest BCUT2D eigenvalue weighted by atomic mass is 35.5. The number of hydrogen-bond acceptors (Lipinski definition) is 5. The summed E-state index contributed by atoms with van der Waals surface area (Å²) in [6, 6.07) is 8.43. The number of fused-ring (bicyclic) bond motifs is 1. The van der Waals surface area contributed by atoms with Gasteiger partial charge in [-0.15, -0.1) is 11.3 Å². The summed E-state index contributed by atoms with van der Waals surface area (Å²) in [4.78, 5) is 26.1. The number of thiophene rings is 1. The molecule has 0 spiro atoms. The Bertz CT molecular complexity index is 916. The van der Waals surface area contributed by atoms with Crippen LogP contribution < -0.4 is 5.32 Å². The van der Waals surface area contributed by atoms with Crippen molar-refractivity contribution in [1.82, 2.24) is 0 Å². The van der Waals surface area contributed by atoms with Crippen LogP contribution in [0.4, 0.5) is 5.69 Å². The van der Waals surface area contributed by atoms with E-state index in [0.29, 0.717) is 22.0 Å². The number of carbonyl (C=O) groups is 2. The smallest absolute Gasteiger partial charge is 0.348 e. The number of amides is 1. The summed E-state index contributed by atoms with van der Waals surface area (Å²) in [6.45, 7) is 1.81. The lowest BCUT2D eigenvalue weighted by Gasteiger charge is -2.19. The second-order valence-electron chi connectivity index (χ2n) is 6.51. The number of nitriles is 1. The molecule has 2 aromatic rings. The number of esters is 1. The highest BCUT2D eigenvalue weighted by Crippen LogP contribution is 2.33. The SMILES string of the molecule is CC[C@H]1CCc2sc(C(=O)OCC(=O)Nc3ccc(C#N)c(Cl)c3)cc2C1. The van der Waals surface area contributed by atoms with Crippen molar-refractivity contribution < 1.29 is 14.3 Å². The molecule has 0 saturated carbocycles. The lowest BCUT2D eigenvalue weighted by molar-refractivity contribution is -0.119. The molecule has 0 fully saturated rings. The molecule has 1 amide bonds. The average Bonchev–Trinajstić information content (AvgIpc) is 3.09. The van der Waals surface area contributed by atoms with E-state index >= 15 is 0 Å². The zero-order chi connectivity index (χ0) is 19.4. The van der Waals surface area contributed by atoms with Gasteiger partial charge in [-0.1, -0.05) is 24.9 Å². The van der Waals surface area contributed by atoms with Gasteiger partial charge in [-0.05, 0) is 55.0 Å². The zero-order valence-electron chi connectivity index (χ0n) is 14.9. The van der Waals surface area contributed by atoms with Crippen molar-refractivity contribution in [2.75, 3.05) is 11.9 Å². The van der Waals surface area contributed by atoms with Gasteiger partial charge in [0.1, 0.15) is 10.9 Å². The quantitative estimate of drug-likeness (QED) is 0.742. The van der Waals surface area contributed by atoms with Crippen LogP contribution >= 0.6 is 22.9 Å². The van der Waals surface area contributed by atoms with E-state index in [1.54, 1.807) is 6.07 Å². The molecule has 140 valence electrons. The predicted octanol–water partition coefficient (Wildman–Crippen LogP) is 4.58. The number of carbonyl (C=O) groups excluding carboxylic acids is 2. The molecule has 5 nitrogen and oxygen atoms in total. The highest BCUT2D eigenvalue weighted by molar-refractivity contribution is 7.14. The number of anilines is 1. The Morgan fingerprint density at radius 3 is 2.93 bits per heavy atom. The summed E-state index contributed by atoms with van der Waals surface area (Å²) in [7, 11) is 0. The fraction of sp³-hybridized carbons (Fsp3) is 0.350. The van der Waals surface area contributed by atoms with Crippen LogP contribution in [0.25, 0.3) is 0 Å². The van der Waals surface area contributed by atoms with Crippen molar-refractivity contribution in [2.24, 2.45) is 5.92 Å². The first-order valence-electron chi connectivity index (χ1n) is 8.78. The molecular weight excluding hydrogens is 384 g/mol. The largest absolute Gasteiger partial charge is 0.451 e. The monoisotopic (exact) mass is 402 g/mol. The third-order valence-electron chi connectivity index (χ3n) is 4.67. The Kier molecular flexibility index (Phi) is 6.15. The van der Waals surface area contributed by atoms with E-state index in [1.807, 2.05) is 12.1 Å². The predicted molar refractivity (Wildman–Crippen MR) is 105 cm³/mol. The van der Waals surface area contributed by atoms with Gasteiger partial charge in [0.25, 0.3) is 5.91 Å². The Balaban J connectivity index is 1.55. The summed E-state index contributed by atoms with van der Waals surface area (Å²) in [5.41, 5.74) is 2.01. The van der Waals surface area contributed by atoms with Crippen LogP contribution in [0.15, 0.2) is 24.3 Å². The third-order valence-corrected chi connectivity index (χ3v) is 6.20. The highest BCUT2D eigenvalue weighted by Gasteiger charge is 2.23. The molecule has 1 aromatic carbocycles. The maximum Gasteiger partial charge on any atom is 0.348 e. The third kappa shape index (κ3) is 4.68. The van der Waals surface area contributed by atoms with E-state index in [1.165, 1.54) is 33.9 Å². The van der Waals surface area contributed by atoms with Crippen molar-refractivity contribution in [1.29, 1.82) is 5.26 Å². The molecule has 0 aliphatic heterocycles. The minimum absolute atomic E-state index is 0.252. The normalized spacial score (nSPS) is 15.5. The van der Waals surface area contributed by atoms with Crippen LogP contribution in [-0.4, -0.2) is 18.5 Å². The van der Waals surface area contributed by atoms with Crippen LogP contribution in [0.2, 0.25) is 5.02 Å². The van der Waals surface area contributed by atoms with E-state index in [4.69, 9.17) is 21.6 Å². The number of ether oxygens (including phenoxy) is 1. The number of aryl methyl sites for hydroxylation is 1.